The molecule has 0 fully saturated rings. The molecule has 0 spiro atoms. The van der Waals surface area contributed by atoms with E-state index in [4.69, 9.17) is 14.2 Å². The Bertz CT molecular complexity index is 864. The highest BCUT2D eigenvalue weighted by Gasteiger charge is 2.21. The Kier molecular flexibility index (Phi) is 4.76. The van der Waals surface area contributed by atoms with Gasteiger partial charge in [-0.2, -0.15) is 0 Å². The number of fused-ring (bicyclic) bond motifs is 1. The number of carbonyl (C=O) groups excluding carboxylic acids is 1. The van der Waals surface area contributed by atoms with Gasteiger partial charge in [0.1, 0.15) is 0 Å². The molecular weight excluding hydrogens is 340 g/mol. The maximum atomic E-state index is 12.9. The number of rotatable bonds is 5. The van der Waals surface area contributed by atoms with Crippen molar-refractivity contribution in [1.29, 1.82) is 0 Å². The van der Waals surface area contributed by atoms with Gasteiger partial charge in [-0.05, 0) is 24.3 Å². The van der Waals surface area contributed by atoms with Gasteiger partial charge in [0.05, 0.1) is 31.5 Å². The molecule has 2 aromatic carbocycles. The van der Waals surface area contributed by atoms with E-state index in [0.29, 0.717) is 27.9 Å². The summed E-state index contributed by atoms with van der Waals surface area (Å²) in [7, 11) is 6.25. The minimum absolute atomic E-state index is 0.210. The second-order valence-electron chi connectivity index (χ2n) is 5.24. The Balaban J connectivity index is 1.99. The molecule has 0 aliphatic carbocycles. The predicted molar refractivity (Wildman–Crippen MR) is 98.5 cm³/mol. The van der Waals surface area contributed by atoms with Crippen LogP contribution in [-0.4, -0.2) is 39.3 Å². The van der Waals surface area contributed by atoms with E-state index >= 15 is 0 Å². The Morgan fingerprint density at radius 1 is 1.04 bits per heavy atom. The highest BCUT2D eigenvalue weighted by molar-refractivity contribution is 7.22. The Morgan fingerprint density at radius 3 is 2.24 bits per heavy atom. The summed E-state index contributed by atoms with van der Waals surface area (Å²) in [5.41, 5.74) is 1.29. The van der Waals surface area contributed by atoms with Crippen molar-refractivity contribution in [3.8, 4) is 17.2 Å². The van der Waals surface area contributed by atoms with Gasteiger partial charge in [0.2, 0.25) is 5.75 Å². The number of benzene rings is 2. The van der Waals surface area contributed by atoms with Crippen molar-refractivity contribution in [3.05, 3.63) is 42.0 Å². The van der Waals surface area contributed by atoms with E-state index in [2.05, 4.69) is 4.98 Å². The first-order valence-electron chi connectivity index (χ1n) is 7.52. The molecule has 0 bridgehead atoms. The van der Waals surface area contributed by atoms with Crippen molar-refractivity contribution in [1.82, 2.24) is 4.98 Å². The Morgan fingerprint density at radius 2 is 1.68 bits per heavy atom. The first-order chi connectivity index (χ1) is 12.1. The van der Waals surface area contributed by atoms with Gasteiger partial charge in [0, 0.05) is 12.6 Å². The summed E-state index contributed by atoms with van der Waals surface area (Å²) in [6, 6.07) is 11.0. The number of thiazole rings is 1. The molecular formula is C18H18N2O4S. The van der Waals surface area contributed by atoms with Crippen molar-refractivity contribution in [2.75, 3.05) is 33.3 Å². The molecule has 7 heteroatoms. The number of aromatic nitrogens is 1. The average molecular weight is 358 g/mol. The minimum Gasteiger partial charge on any atom is -0.493 e. The second-order valence-corrected chi connectivity index (χ2v) is 6.25. The number of nitrogens with zero attached hydrogens (tertiary/aromatic N) is 2. The van der Waals surface area contributed by atoms with Crippen molar-refractivity contribution in [2.24, 2.45) is 0 Å². The highest BCUT2D eigenvalue weighted by Crippen LogP contribution is 2.39. The fraction of sp³-hybridized carbons (Fsp3) is 0.222. The summed E-state index contributed by atoms with van der Waals surface area (Å²) < 4.78 is 17.0. The molecule has 1 heterocycles. The molecule has 130 valence electrons. The lowest BCUT2D eigenvalue weighted by molar-refractivity contribution is 0.0992. The zero-order valence-electron chi connectivity index (χ0n) is 14.4. The van der Waals surface area contributed by atoms with E-state index in [1.165, 1.54) is 37.6 Å². The number of ether oxygens (including phenoxy) is 3. The smallest absolute Gasteiger partial charge is 0.260 e. The number of hydrogen-bond acceptors (Lipinski definition) is 6. The molecule has 3 rings (SSSR count). The zero-order valence-corrected chi connectivity index (χ0v) is 15.2. The number of anilines is 1. The minimum atomic E-state index is -0.210. The molecule has 0 N–H and O–H groups in total. The molecule has 0 aliphatic heterocycles. The standard InChI is InChI=1S/C18H18N2O4S/c1-20(18-19-12-7-5-6-8-15(12)25-18)17(21)11-9-13(22-2)16(24-4)14(10-11)23-3/h5-10H,1-4H3. The fourth-order valence-corrected chi connectivity index (χ4v) is 3.41. The van der Waals surface area contributed by atoms with E-state index < -0.39 is 0 Å². The van der Waals surface area contributed by atoms with E-state index in [0.717, 1.165) is 10.2 Å². The summed E-state index contributed by atoms with van der Waals surface area (Å²) >= 11 is 1.46. The van der Waals surface area contributed by atoms with Gasteiger partial charge in [0.25, 0.3) is 5.91 Å². The van der Waals surface area contributed by atoms with Crippen molar-refractivity contribution in [3.63, 3.8) is 0 Å². The van der Waals surface area contributed by atoms with E-state index in [1.807, 2.05) is 24.3 Å². The van der Waals surface area contributed by atoms with Crippen LogP contribution in [-0.2, 0) is 0 Å². The van der Waals surface area contributed by atoms with Gasteiger partial charge in [0.15, 0.2) is 16.6 Å². The molecule has 1 aromatic heterocycles. The van der Waals surface area contributed by atoms with Crippen molar-refractivity contribution >= 4 is 32.6 Å². The number of hydrogen-bond donors (Lipinski definition) is 0. The molecule has 0 aliphatic rings. The SMILES string of the molecule is COc1cc(C(=O)N(C)c2nc3ccccc3s2)cc(OC)c1OC. The van der Waals surface area contributed by atoms with Crippen LogP contribution in [0.25, 0.3) is 10.2 Å². The fourth-order valence-electron chi connectivity index (χ4n) is 2.49. The number of carbonyl (C=O) groups is 1. The number of para-hydroxylation sites is 1. The van der Waals surface area contributed by atoms with Crippen molar-refractivity contribution < 1.29 is 19.0 Å². The molecule has 0 atom stereocenters. The second kappa shape index (κ2) is 6.98. The normalized spacial score (nSPS) is 10.6. The monoisotopic (exact) mass is 358 g/mol. The summed E-state index contributed by atoms with van der Waals surface area (Å²) in [6.07, 6.45) is 0. The summed E-state index contributed by atoms with van der Waals surface area (Å²) in [6.45, 7) is 0. The Hall–Kier alpha value is -2.80. The van der Waals surface area contributed by atoms with Crippen LogP contribution in [0.15, 0.2) is 36.4 Å². The molecule has 6 nitrogen and oxygen atoms in total. The van der Waals surface area contributed by atoms with Gasteiger partial charge in [-0.15, -0.1) is 0 Å². The van der Waals surface area contributed by atoms with Gasteiger partial charge in [-0.3, -0.25) is 9.69 Å². The van der Waals surface area contributed by atoms with Crippen LogP contribution in [0, 0.1) is 0 Å². The van der Waals surface area contributed by atoms with Crippen LogP contribution in [0.4, 0.5) is 5.13 Å². The topological polar surface area (TPSA) is 60.9 Å². The molecule has 1 amide bonds. The summed E-state index contributed by atoms with van der Waals surface area (Å²) in [4.78, 5) is 18.9. The number of amides is 1. The molecule has 0 radical (unpaired) electrons. The van der Waals surface area contributed by atoms with Gasteiger partial charge in [-0.25, -0.2) is 4.98 Å². The third-order valence-corrected chi connectivity index (χ3v) is 4.90. The van der Waals surface area contributed by atoms with Gasteiger partial charge < -0.3 is 14.2 Å². The maximum Gasteiger partial charge on any atom is 0.260 e. The first kappa shape index (κ1) is 17.0. The van der Waals surface area contributed by atoms with Crippen LogP contribution >= 0.6 is 11.3 Å². The van der Waals surface area contributed by atoms with E-state index in [9.17, 15) is 4.79 Å². The quantitative estimate of drug-likeness (QED) is 0.697. The van der Waals surface area contributed by atoms with Gasteiger partial charge in [-0.1, -0.05) is 23.5 Å². The third-order valence-electron chi connectivity index (χ3n) is 3.79. The lowest BCUT2D eigenvalue weighted by atomic mass is 10.1. The van der Waals surface area contributed by atoms with Crippen LogP contribution in [0.3, 0.4) is 0 Å². The first-order valence-corrected chi connectivity index (χ1v) is 8.34. The number of methoxy groups -OCH3 is 3. The average Bonchev–Trinajstić information content (AvgIpc) is 3.09. The van der Waals surface area contributed by atoms with Crippen molar-refractivity contribution in [2.45, 2.75) is 0 Å². The lowest BCUT2D eigenvalue weighted by Gasteiger charge is -2.17. The van der Waals surface area contributed by atoms with Crippen LogP contribution < -0.4 is 19.1 Å². The van der Waals surface area contributed by atoms with Crippen LogP contribution in [0.2, 0.25) is 0 Å². The highest BCUT2D eigenvalue weighted by atomic mass is 32.1. The molecule has 3 aromatic rings. The molecule has 0 saturated heterocycles. The van der Waals surface area contributed by atoms with Crippen LogP contribution in [0.5, 0.6) is 17.2 Å². The van der Waals surface area contributed by atoms with E-state index in [1.54, 1.807) is 19.2 Å². The Labute approximate surface area is 149 Å². The molecule has 25 heavy (non-hydrogen) atoms. The maximum absolute atomic E-state index is 12.9. The van der Waals surface area contributed by atoms with Gasteiger partial charge >= 0.3 is 0 Å². The zero-order chi connectivity index (χ0) is 18.0. The summed E-state index contributed by atoms with van der Waals surface area (Å²) in [5.74, 6) is 1.10. The predicted octanol–water partition coefficient (Wildman–Crippen LogP) is 3.60. The lowest BCUT2D eigenvalue weighted by Crippen LogP contribution is -2.26. The van der Waals surface area contributed by atoms with Crippen LogP contribution in [0.1, 0.15) is 10.4 Å². The molecule has 0 unspecified atom stereocenters. The van der Waals surface area contributed by atoms with E-state index in [-0.39, 0.29) is 5.91 Å². The summed E-state index contributed by atoms with van der Waals surface area (Å²) in [5, 5.41) is 0.625. The third kappa shape index (κ3) is 3.10. The molecule has 0 saturated carbocycles. The largest absolute Gasteiger partial charge is 0.493 e.